The maximum atomic E-state index is 3.71. The summed E-state index contributed by atoms with van der Waals surface area (Å²) in [7, 11) is 0. The predicted molar refractivity (Wildman–Crippen MR) is 199 cm³/mol. The molecule has 45 heavy (non-hydrogen) atoms. The normalized spacial score (nSPS) is 11.6. The third-order valence-corrected chi connectivity index (χ3v) is 10.2. The first-order valence-electron chi connectivity index (χ1n) is 20.5. The standard InChI is InChI=1S/C43H76N2/c1-3-5-7-9-11-13-15-17-19-21-23-25-30-36-42(37-31-26-24-22-20-18-16-14-12-10-8-6-4-2)43-44-38-40-45(43)39-32-35-41-33-28-27-29-34-41/h27-29,33-34,38,40,42H,3-26,30-32,35-37,39H2,1-2H3/p+1. The molecule has 0 fully saturated rings. The molecular weight excluding hydrogens is 544 g/mol. The van der Waals surface area contributed by atoms with Crippen molar-refractivity contribution in [2.75, 3.05) is 0 Å². The Balaban J connectivity index is 1.65. The largest absolute Gasteiger partial charge is 0.257 e. The first-order valence-corrected chi connectivity index (χ1v) is 20.5. The fraction of sp³-hybridized carbons (Fsp3) is 0.791. The molecule has 0 amide bonds. The number of aromatic nitrogens is 2. The van der Waals surface area contributed by atoms with E-state index in [4.69, 9.17) is 0 Å². The van der Waals surface area contributed by atoms with Crippen molar-refractivity contribution in [2.45, 2.75) is 219 Å². The molecule has 1 aromatic carbocycles. The highest BCUT2D eigenvalue weighted by Crippen LogP contribution is 2.26. The van der Waals surface area contributed by atoms with Gasteiger partial charge >= 0.3 is 0 Å². The van der Waals surface area contributed by atoms with Gasteiger partial charge in [-0.2, -0.15) is 0 Å². The number of benzene rings is 1. The van der Waals surface area contributed by atoms with Crippen LogP contribution in [0, 0.1) is 0 Å². The van der Waals surface area contributed by atoms with Crippen LogP contribution in [0.1, 0.15) is 217 Å². The van der Waals surface area contributed by atoms with Gasteiger partial charge in [-0.1, -0.05) is 211 Å². The van der Waals surface area contributed by atoms with Gasteiger partial charge in [0.05, 0.1) is 12.5 Å². The van der Waals surface area contributed by atoms with E-state index in [-0.39, 0.29) is 0 Å². The Bertz CT molecular complexity index is 826. The van der Waals surface area contributed by atoms with Crippen molar-refractivity contribution >= 4 is 0 Å². The summed E-state index contributed by atoms with van der Waals surface area (Å²) in [5.41, 5.74) is 1.46. The number of rotatable bonds is 33. The fourth-order valence-corrected chi connectivity index (χ4v) is 7.26. The molecule has 258 valence electrons. The van der Waals surface area contributed by atoms with Gasteiger partial charge in [0.25, 0.3) is 5.82 Å². The van der Waals surface area contributed by atoms with Crippen molar-refractivity contribution < 1.29 is 4.57 Å². The molecule has 0 aliphatic rings. The van der Waals surface area contributed by atoms with Gasteiger partial charge in [-0.25, -0.2) is 9.55 Å². The third kappa shape index (κ3) is 21.8. The van der Waals surface area contributed by atoms with E-state index in [0.717, 1.165) is 6.54 Å². The molecule has 0 spiro atoms. The number of aryl methyl sites for hydroxylation is 2. The molecule has 2 heteroatoms. The van der Waals surface area contributed by atoms with Crippen LogP contribution in [0.5, 0.6) is 0 Å². The van der Waals surface area contributed by atoms with Crippen molar-refractivity contribution in [3.8, 4) is 0 Å². The van der Waals surface area contributed by atoms with E-state index in [2.05, 4.69) is 66.1 Å². The molecule has 1 aromatic heterocycles. The fourth-order valence-electron chi connectivity index (χ4n) is 7.26. The van der Waals surface area contributed by atoms with Gasteiger partial charge in [-0.3, -0.25) is 0 Å². The molecule has 2 aromatic rings. The molecule has 0 unspecified atom stereocenters. The van der Waals surface area contributed by atoms with Crippen molar-refractivity contribution in [1.29, 1.82) is 0 Å². The Labute approximate surface area is 282 Å². The lowest BCUT2D eigenvalue weighted by molar-refractivity contribution is -0.704. The number of nitrogens with zero attached hydrogens (tertiary/aromatic N) is 1. The second kappa shape index (κ2) is 29.8. The first-order chi connectivity index (χ1) is 22.3. The smallest absolute Gasteiger partial charge is 0.247 e. The first kappa shape index (κ1) is 39.6. The van der Waals surface area contributed by atoms with Crippen LogP contribution in [-0.4, -0.2) is 4.98 Å². The van der Waals surface area contributed by atoms with Crippen LogP contribution < -0.4 is 4.57 Å². The van der Waals surface area contributed by atoms with Gasteiger partial charge in [-0.15, -0.1) is 0 Å². The summed E-state index contributed by atoms with van der Waals surface area (Å²) in [6, 6.07) is 11.0. The van der Waals surface area contributed by atoms with E-state index >= 15 is 0 Å². The quantitative estimate of drug-likeness (QED) is 0.0604. The van der Waals surface area contributed by atoms with Crippen LogP contribution >= 0.6 is 0 Å². The second-order valence-electron chi connectivity index (χ2n) is 14.4. The van der Waals surface area contributed by atoms with E-state index < -0.39 is 0 Å². The van der Waals surface area contributed by atoms with Gasteiger partial charge in [0.15, 0.2) is 0 Å². The second-order valence-corrected chi connectivity index (χ2v) is 14.4. The van der Waals surface area contributed by atoms with Crippen LogP contribution in [-0.2, 0) is 13.0 Å². The van der Waals surface area contributed by atoms with Crippen LogP contribution in [0.3, 0.4) is 0 Å². The Morgan fingerprint density at radius 2 is 0.889 bits per heavy atom. The summed E-state index contributed by atoms with van der Waals surface area (Å²) in [5.74, 6) is 2.19. The number of nitrogens with one attached hydrogen (secondary N) is 1. The maximum absolute atomic E-state index is 3.71. The molecule has 0 saturated heterocycles. The van der Waals surface area contributed by atoms with E-state index in [9.17, 15) is 0 Å². The van der Waals surface area contributed by atoms with Crippen molar-refractivity contribution in [1.82, 2.24) is 4.98 Å². The van der Waals surface area contributed by atoms with E-state index in [0.29, 0.717) is 5.92 Å². The predicted octanol–water partition coefficient (Wildman–Crippen LogP) is 14.0. The highest BCUT2D eigenvalue weighted by molar-refractivity contribution is 5.14. The van der Waals surface area contributed by atoms with Crippen molar-refractivity contribution in [2.24, 2.45) is 0 Å². The average molecular weight is 622 g/mol. The Kier molecular flexibility index (Phi) is 26.2. The third-order valence-electron chi connectivity index (χ3n) is 10.2. The van der Waals surface area contributed by atoms with Crippen molar-refractivity contribution in [3.05, 3.63) is 54.1 Å². The van der Waals surface area contributed by atoms with E-state index in [1.165, 1.54) is 204 Å². The Hall–Kier alpha value is -1.57. The zero-order chi connectivity index (χ0) is 31.9. The Morgan fingerprint density at radius 1 is 0.489 bits per heavy atom. The van der Waals surface area contributed by atoms with Gasteiger partial charge in [0.1, 0.15) is 12.4 Å². The van der Waals surface area contributed by atoms with Crippen LogP contribution in [0.2, 0.25) is 0 Å². The minimum Gasteiger partial charge on any atom is -0.247 e. The number of imidazole rings is 1. The van der Waals surface area contributed by atoms with E-state index in [1.54, 1.807) is 0 Å². The molecule has 0 saturated carbocycles. The molecule has 2 nitrogen and oxygen atoms in total. The highest BCUT2D eigenvalue weighted by Gasteiger charge is 2.22. The summed E-state index contributed by atoms with van der Waals surface area (Å²) in [6.07, 6.45) is 47.0. The molecule has 0 aliphatic carbocycles. The number of aromatic amines is 1. The summed E-state index contributed by atoms with van der Waals surface area (Å²) in [5, 5.41) is 0. The average Bonchev–Trinajstić information content (AvgIpc) is 3.53. The van der Waals surface area contributed by atoms with Crippen LogP contribution in [0.4, 0.5) is 0 Å². The molecule has 1 N–H and O–H groups in total. The molecule has 2 rings (SSSR count). The molecular formula is C43H77N2+. The summed E-state index contributed by atoms with van der Waals surface area (Å²) in [4.78, 5) is 3.71. The Morgan fingerprint density at radius 3 is 1.31 bits per heavy atom. The molecule has 0 radical (unpaired) electrons. The zero-order valence-electron chi connectivity index (χ0n) is 30.5. The number of hydrogen-bond acceptors (Lipinski definition) is 0. The summed E-state index contributed by atoms with van der Waals surface area (Å²) in [6.45, 7) is 5.75. The number of H-pyrrole nitrogens is 1. The van der Waals surface area contributed by atoms with Gasteiger partial charge in [-0.05, 0) is 31.2 Å². The molecule has 1 heterocycles. The summed E-state index contributed by atoms with van der Waals surface area (Å²) >= 11 is 0. The van der Waals surface area contributed by atoms with Gasteiger partial charge in [0.2, 0.25) is 0 Å². The lowest BCUT2D eigenvalue weighted by Gasteiger charge is -2.14. The van der Waals surface area contributed by atoms with Gasteiger partial charge < -0.3 is 0 Å². The lowest BCUT2D eigenvalue weighted by Crippen LogP contribution is -2.37. The van der Waals surface area contributed by atoms with E-state index in [1.807, 2.05) is 0 Å². The number of unbranched alkanes of at least 4 members (excludes halogenated alkanes) is 24. The molecule has 0 atom stereocenters. The molecule has 0 aliphatic heterocycles. The zero-order valence-corrected chi connectivity index (χ0v) is 30.5. The molecule has 0 bridgehead atoms. The summed E-state index contributed by atoms with van der Waals surface area (Å²) < 4.78 is 2.55. The minimum atomic E-state index is 0.692. The topological polar surface area (TPSA) is 19.7 Å². The number of hydrogen-bond donors (Lipinski definition) is 1. The van der Waals surface area contributed by atoms with Gasteiger partial charge in [0, 0.05) is 0 Å². The van der Waals surface area contributed by atoms with Crippen molar-refractivity contribution in [3.63, 3.8) is 0 Å². The monoisotopic (exact) mass is 622 g/mol. The highest BCUT2D eigenvalue weighted by atomic mass is 15.1. The SMILES string of the molecule is CCCCCCCCCCCCCCCC(CCCCCCCCCCCCCCC)c1[nH]cc[n+]1CCCc1ccccc1. The van der Waals surface area contributed by atoms with Crippen LogP contribution in [0.25, 0.3) is 0 Å². The minimum absolute atomic E-state index is 0.692. The maximum Gasteiger partial charge on any atom is 0.257 e. The van der Waals surface area contributed by atoms with Crippen LogP contribution in [0.15, 0.2) is 42.7 Å². The lowest BCUT2D eigenvalue weighted by atomic mass is 9.93.